The van der Waals surface area contributed by atoms with E-state index < -0.39 is 5.97 Å². The predicted octanol–water partition coefficient (Wildman–Crippen LogP) is 3.51. The van der Waals surface area contributed by atoms with Crippen LogP contribution in [0, 0.1) is 17.8 Å². The number of aryl methyl sites for hydroxylation is 1. The number of amides is 1. The molecule has 3 aliphatic rings. The van der Waals surface area contributed by atoms with E-state index in [4.69, 9.17) is 4.74 Å². The molecule has 1 aliphatic heterocycles. The third-order valence-corrected chi connectivity index (χ3v) is 6.39. The first-order valence-corrected chi connectivity index (χ1v) is 10.4. The molecule has 0 radical (unpaired) electrons. The van der Waals surface area contributed by atoms with Crippen molar-refractivity contribution in [2.45, 2.75) is 57.5 Å². The number of carbonyl (C=O) groups excluding carboxylic acids is 1. The maximum absolute atomic E-state index is 12.6. The van der Waals surface area contributed by atoms with Gasteiger partial charge < -0.3 is 14.7 Å². The van der Waals surface area contributed by atoms with Crippen molar-refractivity contribution in [3.05, 3.63) is 29.8 Å². The van der Waals surface area contributed by atoms with Gasteiger partial charge in [0.1, 0.15) is 5.75 Å². The minimum absolute atomic E-state index is 0.0755. The van der Waals surface area contributed by atoms with Gasteiger partial charge in [-0.15, -0.1) is 0 Å². The number of hydrogen-bond donors (Lipinski definition) is 1. The first-order valence-electron chi connectivity index (χ1n) is 10.4. The monoisotopic (exact) mass is 371 g/mol. The van der Waals surface area contributed by atoms with Crippen LogP contribution in [-0.2, 0) is 16.0 Å². The number of hydrogen-bond acceptors (Lipinski definition) is 3. The summed E-state index contributed by atoms with van der Waals surface area (Å²) < 4.78 is 6.05. The van der Waals surface area contributed by atoms with Gasteiger partial charge in [0.05, 0.1) is 12.0 Å². The normalized spacial score (nSPS) is 25.7. The molecule has 2 atom stereocenters. The van der Waals surface area contributed by atoms with E-state index in [-0.39, 0.29) is 17.7 Å². The van der Waals surface area contributed by atoms with Crippen molar-refractivity contribution in [2.75, 3.05) is 13.1 Å². The van der Waals surface area contributed by atoms with Crippen LogP contribution >= 0.6 is 0 Å². The Morgan fingerprint density at radius 3 is 2.59 bits per heavy atom. The summed E-state index contributed by atoms with van der Waals surface area (Å²) in [5.41, 5.74) is 1.10. The lowest BCUT2D eigenvalue weighted by Gasteiger charge is -2.17. The van der Waals surface area contributed by atoms with Gasteiger partial charge in [-0.3, -0.25) is 9.59 Å². The molecule has 5 heteroatoms. The molecule has 2 saturated carbocycles. The fourth-order valence-electron chi connectivity index (χ4n) is 4.68. The highest BCUT2D eigenvalue weighted by Crippen LogP contribution is 2.44. The molecule has 27 heavy (non-hydrogen) atoms. The molecule has 1 saturated heterocycles. The summed E-state index contributed by atoms with van der Waals surface area (Å²) >= 11 is 0. The van der Waals surface area contributed by atoms with Crippen molar-refractivity contribution in [1.82, 2.24) is 4.90 Å². The number of likely N-dealkylation sites (tertiary alicyclic amines) is 1. The lowest BCUT2D eigenvalue weighted by Crippen LogP contribution is -2.30. The fourth-order valence-corrected chi connectivity index (χ4v) is 4.68. The molecule has 1 amide bonds. The van der Waals surface area contributed by atoms with Crippen LogP contribution in [0.1, 0.15) is 50.5 Å². The number of benzene rings is 1. The second-order valence-corrected chi connectivity index (χ2v) is 8.42. The van der Waals surface area contributed by atoms with Gasteiger partial charge in [-0.05, 0) is 74.5 Å². The zero-order valence-corrected chi connectivity index (χ0v) is 15.8. The molecule has 5 nitrogen and oxygen atoms in total. The second kappa shape index (κ2) is 7.91. The highest BCUT2D eigenvalue weighted by molar-refractivity contribution is 5.79. The minimum Gasteiger partial charge on any atom is -0.490 e. The molecule has 146 valence electrons. The highest BCUT2D eigenvalue weighted by atomic mass is 16.5. The van der Waals surface area contributed by atoms with Crippen molar-refractivity contribution < 1.29 is 19.4 Å². The van der Waals surface area contributed by atoms with Gasteiger partial charge in [-0.25, -0.2) is 0 Å². The number of rotatable bonds is 7. The van der Waals surface area contributed by atoms with Gasteiger partial charge in [-0.2, -0.15) is 0 Å². The Kier molecular flexibility index (Phi) is 5.37. The van der Waals surface area contributed by atoms with Crippen LogP contribution in [0.5, 0.6) is 5.75 Å². The Labute approximate surface area is 160 Å². The van der Waals surface area contributed by atoms with Crippen LogP contribution in [0.15, 0.2) is 24.3 Å². The average Bonchev–Trinajstić information content (AvgIpc) is 3.18. The van der Waals surface area contributed by atoms with Crippen LogP contribution in [-0.4, -0.2) is 41.1 Å². The van der Waals surface area contributed by atoms with E-state index in [1.165, 1.54) is 12.8 Å². The Bertz CT molecular complexity index is 693. The number of carboxylic acids is 1. The predicted molar refractivity (Wildman–Crippen MR) is 102 cm³/mol. The summed E-state index contributed by atoms with van der Waals surface area (Å²) in [6.07, 6.45) is 8.41. The lowest BCUT2D eigenvalue weighted by molar-refractivity contribution is -0.142. The SMILES string of the molecule is O=C(O)[C@H]1CN(C(=O)CCc2cccc(OC3CCCC3)c2)C[C@@H]1C1CC1. The molecule has 0 unspecified atom stereocenters. The smallest absolute Gasteiger partial charge is 0.308 e. The summed E-state index contributed by atoms with van der Waals surface area (Å²) in [5, 5.41) is 9.46. The summed E-state index contributed by atoms with van der Waals surface area (Å²) in [5.74, 6) is 0.491. The molecule has 0 aromatic heterocycles. The van der Waals surface area contributed by atoms with Crippen LogP contribution in [0.25, 0.3) is 0 Å². The average molecular weight is 371 g/mol. The summed E-state index contributed by atoms with van der Waals surface area (Å²) in [6, 6.07) is 8.06. The highest BCUT2D eigenvalue weighted by Gasteiger charge is 2.46. The maximum Gasteiger partial charge on any atom is 0.308 e. The van der Waals surface area contributed by atoms with Gasteiger partial charge in [0, 0.05) is 19.5 Å². The van der Waals surface area contributed by atoms with E-state index in [9.17, 15) is 14.7 Å². The molecule has 1 aromatic rings. The molecule has 0 spiro atoms. The Morgan fingerprint density at radius 2 is 1.89 bits per heavy atom. The summed E-state index contributed by atoms with van der Waals surface area (Å²) in [6.45, 7) is 0.992. The van der Waals surface area contributed by atoms with E-state index in [2.05, 4.69) is 0 Å². The molecule has 1 heterocycles. The third kappa shape index (κ3) is 4.45. The van der Waals surface area contributed by atoms with Crippen molar-refractivity contribution >= 4 is 11.9 Å². The number of aliphatic carboxylic acids is 1. The largest absolute Gasteiger partial charge is 0.490 e. The maximum atomic E-state index is 12.6. The Hall–Kier alpha value is -2.04. The van der Waals surface area contributed by atoms with E-state index in [1.54, 1.807) is 4.90 Å². The summed E-state index contributed by atoms with van der Waals surface area (Å²) in [7, 11) is 0. The van der Waals surface area contributed by atoms with Gasteiger partial charge in [0.2, 0.25) is 5.91 Å². The van der Waals surface area contributed by atoms with Crippen molar-refractivity contribution in [3.63, 3.8) is 0 Å². The first-order chi connectivity index (χ1) is 13.1. The van der Waals surface area contributed by atoms with Crippen molar-refractivity contribution in [2.24, 2.45) is 17.8 Å². The molecule has 3 fully saturated rings. The summed E-state index contributed by atoms with van der Waals surface area (Å²) in [4.78, 5) is 25.9. The zero-order chi connectivity index (χ0) is 18.8. The molecule has 1 aromatic carbocycles. The number of nitrogens with zero attached hydrogens (tertiary/aromatic N) is 1. The van der Waals surface area contributed by atoms with Gasteiger partial charge >= 0.3 is 5.97 Å². The fraction of sp³-hybridized carbons (Fsp3) is 0.636. The molecular formula is C22H29NO4. The molecule has 1 N–H and O–H groups in total. The van der Waals surface area contributed by atoms with Crippen LogP contribution in [0.3, 0.4) is 0 Å². The van der Waals surface area contributed by atoms with E-state index in [1.807, 2.05) is 24.3 Å². The number of ether oxygens (including phenoxy) is 1. The lowest BCUT2D eigenvalue weighted by atomic mass is 9.92. The molecule has 4 rings (SSSR count). The topological polar surface area (TPSA) is 66.8 Å². The zero-order valence-electron chi connectivity index (χ0n) is 15.8. The molecule has 0 bridgehead atoms. The Morgan fingerprint density at radius 1 is 1.11 bits per heavy atom. The molecular weight excluding hydrogens is 342 g/mol. The van der Waals surface area contributed by atoms with E-state index in [0.29, 0.717) is 38.0 Å². The van der Waals surface area contributed by atoms with Crippen LogP contribution in [0.4, 0.5) is 0 Å². The van der Waals surface area contributed by atoms with Crippen molar-refractivity contribution in [1.29, 1.82) is 0 Å². The van der Waals surface area contributed by atoms with Gasteiger partial charge in [-0.1, -0.05) is 12.1 Å². The van der Waals surface area contributed by atoms with E-state index in [0.717, 1.165) is 37.0 Å². The third-order valence-electron chi connectivity index (χ3n) is 6.39. The van der Waals surface area contributed by atoms with Gasteiger partial charge in [0.15, 0.2) is 0 Å². The Balaban J connectivity index is 1.30. The second-order valence-electron chi connectivity index (χ2n) is 8.42. The van der Waals surface area contributed by atoms with Crippen LogP contribution < -0.4 is 4.74 Å². The quantitative estimate of drug-likeness (QED) is 0.796. The first kappa shape index (κ1) is 18.3. The van der Waals surface area contributed by atoms with E-state index >= 15 is 0 Å². The number of carbonyl (C=O) groups is 2. The van der Waals surface area contributed by atoms with Gasteiger partial charge in [0.25, 0.3) is 0 Å². The minimum atomic E-state index is -0.751. The molecule has 2 aliphatic carbocycles. The number of carboxylic acid groups (broad SMARTS) is 1. The van der Waals surface area contributed by atoms with Crippen molar-refractivity contribution in [3.8, 4) is 5.75 Å². The standard InChI is InChI=1S/C22H29NO4/c24-21(23-13-19(16-9-10-16)20(14-23)22(25)26)11-8-15-4-3-7-18(12-15)27-17-5-1-2-6-17/h3-4,7,12,16-17,19-20H,1-2,5-6,8-11,13-14H2,(H,25,26)/t19-,20+/m1/s1. The van der Waals surface area contributed by atoms with Crippen LogP contribution in [0.2, 0.25) is 0 Å².